The van der Waals surface area contributed by atoms with Gasteiger partial charge in [0.2, 0.25) is 0 Å². The van der Waals surface area contributed by atoms with E-state index in [-0.39, 0.29) is 30.2 Å². The summed E-state index contributed by atoms with van der Waals surface area (Å²) in [5.41, 5.74) is 3.34. The van der Waals surface area contributed by atoms with Crippen molar-refractivity contribution >= 4 is 52.4 Å². The van der Waals surface area contributed by atoms with Crippen molar-refractivity contribution in [3.8, 4) is 17.0 Å². The molecule has 0 spiro atoms. The number of hydrogen-bond donors (Lipinski definition) is 3. The zero-order valence-electron chi connectivity index (χ0n) is 20.8. The molecule has 1 saturated carbocycles. The number of carbonyl (C=O) groups is 2. The smallest absolute Gasteiger partial charge is 0.342 e. The number of hydrogen-bond acceptors (Lipinski definition) is 4. The first-order chi connectivity index (χ1) is 18.8. The SMILES string of the molecule is O=C(Nc1ccc(O)c(-c2cc(C3CCCC3)n(C(=O)NCc3ccc(Cl)c(Cl)c3)n2)c1)c1ccc(Cl)cc1. The molecule has 0 bridgehead atoms. The Bertz CT molecular complexity index is 1530. The monoisotopic (exact) mass is 582 g/mol. The summed E-state index contributed by atoms with van der Waals surface area (Å²) < 4.78 is 1.38. The minimum atomic E-state index is -0.388. The Morgan fingerprint density at radius 3 is 2.38 bits per heavy atom. The van der Waals surface area contributed by atoms with E-state index in [1.165, 1.54) is 10.7 Å². The van der Waals surface area contributed by atoms with Crippen molar-refractivity contribution in [3.05, 3.63) is 98.6 Å². The Balaban J connectivity index is 1.41. The van der Waals surface area contributed by atoms with Crippen LogP contribution in [0, 0.1) is 0 Å². The maximum absolute atomic E-state index is 13.3. The molecule has 1 aliphatic rings. The Kier molecular flexibility index (Phi) is 8.12. The van der Waals surface area contributed by atoms with Gasteiger partial charge in [0.25, 0.3) is 5.91 Å². The molecule has 1 heterocycles. The van der Waals surface area contributed by atoms with Gasteiger partial charge in [0.15, 0.2) is 0 Å². The van der Waals surface area contributed by atoms with E-state index in [9.17, 15) is 14.7 Å². The molecule has 0 atom stereocenters. The van der Waals surface area contributed by atoms with E-state index in [2.05, 4.69) is 15.7 Å². The fourth-order valence-corrected chi connectivity index (χ4v) is 5.17. The fourth-order valence-electron chi connectivity index (χ4n) is 4.73. The van der Waals surface area contributed by atoms with E-state index in [1.54, 1.807) is 54.6 Å². The van der Waals surface area contributed by atoms with Crippen molar-refractivity contribution in [3.63, 3.8) is 0 Å². The number of aromatic nitrogens is 2. The van der Waals surface area contributed by atoms with E-state index in [1.807, 2.05) is 6.07 Å². The highest BCUT2D eigenvalue weighted by Gasteiger charge is 2.26. The zero-order valence-corrected chi connectivity index (χ0v) is 23.0. The van der Waals surface area contributed by atoms with Crippen molar-refractivity contribution in [1.82, 2.24) is 15.1 Å². The third-order valence-electron chi connectivity index (χ3n) is 6.77. The quantitative estimate of drug-likeness (QED) is 0.201. The molecule has 0 aliphatic heterocycles. The molecule has 0 unspecified atom stereocenters. The third-order valence-corrected chi connectivity index (χ3v) is 7.76. The van der Waals surface area contributed by atoms with E-state index in [0.29, 0.717) is 37.6 Å². The summed E-state index contributed by atoms with van der Waals surface area (Å²) >= 11 is 18.0. The number of nitrogens with one attached hydrogen (secondary N) is 2. The van der Waals surface area contributed by atoms with Crippen molar-refractivity contribution in [2.24, 2.45) is 0 Å². The van der Waals surface area contributed by atoms with Crippen LogP contribution in [0.2, 0.25) is 15.1 Å². The zero-order chi connectivity index (χ0) is 27.5. The van der Waals surface area contributed by atoms with Crippen LogP contribution in [0.1, 0.15) is 53.2 Å². The van der Waals surface area contributed by atoms with E-state index in [4.69, 9.17) is 34.8 Å². The summed E-state index contributed by atoms with van der Waals surface area (Å²) in [6.07, 6.45) is 4.06. The topological polar surface area (TPSA) is 96.2 Å². The first-order valence-electron chi connectivity index (χ1n) is 12.5. The molecule has 1 fully saturated rings. The van der Waals surface area contributed by atoms with Crippen LogP contribution in [0.15, 0.2) is 66.7 Å². The molecule has 0 radical (unpaired) electrons. The average Bonchev–Trinajstić information content (AvgIpc) is 3.61. The number of halogens is 3. The molecular weight excluding hydrogens is 559 g/mol. The largest absolute Gasteiger partial charge is 0.507 e. The van der Waals surface area contributed by atoms with Gasteiger partial charge in [-0.3, -0.25) is 4.79 Å². The molecule has 39 heavy (non-hydrogen) atoms. The van der Waals surface area contributed by atoms with Crippen LogP contribution >= 0.6 is 34.8 Å². The van der Waals surface area contributed by atoms with Crippen LogP contribution in [-0.2, 0) is 6.54 Å². The van der Waals surface area contributed by atoms with Crippen molar-refractivity contribution in [2.45, 2.75) is 38.1 Å². The number of phenols is 1. The van der Waals surface area contributed by atoms with Crippen molar-refractivity contribution in [1.29, 1.82) is 0 Å². The van der Waals surface area contributed by atoms with Gasteiger partial charge < -0.3 is 15.7 Å². The van der Waals surface area contributed by atoms with Crippen LogP contribution in [-0.4, -0.2) is 26.8 Å². The van der Waals surface area contributed by atoms with Gasteiger partial charge in [0.1, 0.15) is 5.75 Å². The van der Waals surface area contributed by atoms with Gasteiger partial charge in [-0.1, -0.05) is 53.7 Å². The van der Waals surface area contributed by atoms with Gasteiger partial charge in [-0.15, -0.1) is 0 Å². The molecule has 1 aliphatic carbocycles. The number of phenolic OH excluding ortho intramolecular Hbond substituents is 1. The Morgan fingerprint density at radius 1 is 0.923 bits per heavy atom. The highest BCUT2D eigenvalue weighted by molar-refractivity contribution is 6.42. The lowest BCUT2D eigenvalue weighted by Gasteiger charge is -2.12. The summed E-state index contributed by atoms with van der Waals surface area (Å²) in [6, 6.07) is 17.9. The number of anilines is 1. The number of carbonyl (C=O) groups excluding carboxylic acids is 2. The molecule has 200 valence electrons. The maximum Gasteiger partial charge on any atom is 0.342 e. The first-order valence-corrected chi connectivity index (χ1v) is 13.6. The minimum Gasteiger partial charge on any atom is -0.507 e. The molecule has 0 saturated heterocycles. The van der Waals surface area contributed by atoms with Gasteiger partial charge in [0, 0.05) is 34.3 Å². The lowest BCUT2D eigenvalue weighted by molar-refractivity contribution is 0.102. The number of amides is 2. The molecule has 2 amide bonds. The number of nitrogens with zero attached hydrogens (tertiary/aromatic N) is 2. The summed E-state index contributed by atoms with van der Waals surface area (Å²) in [6.45, 7) is 0.243. The molecule has 5 rings (SSSR count). The van der Waals surface area contributed by atoms with Gasteiger partial charge in [-0.05, 0) is 79.1 Å². The standard InChI is InChI=1S/C29H25Cl3N4O3/c30-20-8-6-19(7-9-20)28(38)34-21-10-12-27(37)22(14-21)25-15-26(18-3-1-2-4-18)36(35-25)29(39)33-16-17-5-11-23(31)24(32)13-17/h5-15,18,37H,1-4,16H2,(H,33,39)(H,34,38). The molecule has 7 nitrogen and oxygen atoms in total. The summed E-state index contributed by atoms with van der Waals surface area (Å²) in [4.78, 5) is 26.0. The number of rotatable bonds is 6. The van der Waals surface area contributed by atoms with Gasteiger partial charge in [-0.2, -0.15) is 9.78 Å². The molecule has 1 aromatic heterocycles. The van der Waals surface area contributed by atoms with Crippen molar-refractivity contribution < 1.29 is 14.7 Å². The third kappa shape index (κ3) is 6.22. The van der Waals surface area contributed by atoms with Crippen LogP contribution in [0.5, 0.6) is 5.75 Å². The van der Waals surface area contributed by atoms with E-state index >= 15 is 0 Å². The maximum atomic E-state index is 13.3. The lowest BCUT2D eigenvalue weighted by Crippen LogP contribution is -2.30. The summed E-state index contributed by atoms with van der Waals surface area (Å²) in [7, 11) is 0. The molecular formula is C29H25Cl3N4O3. The van der Waals surface area contributed by atoms with E-state index in [0.717, 1.165) is 36.9 Å². The van der Waals surface area contributed by atoms with Crippen LogP contribution < -0.4 is 10.6 Å². The number of benzene rings is 3. The average molecular weight is 584 g/mol. The fraction of sp³-hybridized carbons (Fsp3) is 0.207. The summed E-state index contributed by atoms with van der Waals surface area (Å²) in [5, 5.41) is 22.4. The highest BCUT2D eigenvalue weighted by atomic mass is 35.5. The second-order valence-corrected chi connectivity index (χ2v) is 10.7. The minimum absolute atomic E-state index is 0.0154. The summed E-state index contributed by atoms with van der Waals surface area (Å²) in [5.74, 6) is -0.155. The van der Waals surface area contributed by atoms with Crippen LogP contribution in [0.4, 0.5) is 10.5 Å². The second kappa shape index (κ2) is 11.7. The van der Waals surface area contributed by atoms with Crippen molar-refractivity contribution in [2.75, 3.05) is 5.32 Å². The van der Waals surface area contributed by atoms with Gasteiger partial charge in [0.05, 0.1) is 21.4 Å². The number of aromatic hydroxyl groups is 1. The molecule has 3 N–H and O–H groups in total. The molecule has 4 aromatic rings. The normalized spacial score (nSPS) is 13.4. The van der Waals surface area contributed by atoms with E-state index < -0.39 is 0 Å². The Labute approximate surface area is 240 Å². The van der Waals surface area contributed by atoms with Crippen LogP contribution in [0.3, 0.4) is 0 Å². The predicted molar refractivity (Wildman–Crippen MR) is 154 cm³/mol. The molecule has 3 aromatic carbocycles. The highest BCUT2D eigenvalue weighted by Crippen LogP contribution is 2.38. The first kappa shape index (κ1) is 27.1. The van der Waals surface area contributed by atoms with Crippen LogP contribution in [0.25, 0.3) is 11.3 Å². The van der Waals surface area contributed by atoms with Gasteiger partial charge in [-0.25, -0.2) is 4.79 Å². The second-order valence-electron chi connectivity index (χ2n) is 9.45. The Hall–Kier alpha value is -3.52. The Morgan fingerprint density at radius 2 is 1.67 bits per heavy atom. The molecule has 10 heteroatoms. The predicted octanol–water partition coefficient (Wildman–Crippen LogP) is 7.88. The van der Waals surface area contributed by atoms with Gasteiger partial charge >= 0.3 is 6.03 Å². The lowest BCUT2D eigenvalue weighted by atomic mass is 10.0.